The molecule has 6 heteroatoms. The zero-order valence-corrected chi connectivity index (χ0v) is 15.0. The zero-order chi connectivity index (χ0) is 17.2. The third-order valence-electron chi connectivity index (χ3n) is 3.03. The van der Waals surface area contributed by atoms with Crippen molar-refractivity contribution in [2.75, 3.05) is 31.7 Å². The van der Waals surface area contributed by atoms with E-state index in [9.17, 15) is 4.79 Å². The van der Waals surface area contributed by atoms with Crippen LogP contribution in [0.4, 0.5) is 5.69 Å². The Balaban J connectivity index is 1.85. The Kier molecular flexibility index (Phi) is 7.58. The van der Waals surface area contributed by atoms with Gasteiger partial charge in [0.05, 0.1) is 12.3 Å². The molecule has 0 saturated carbocycles. The number of para-hydroxylation sites is 2. The monoisotopic (exact) mass is 393 g/mol. The van der Waals surface area contributed by atoms with Crippen LogP contribution in [0.5, 0.6) is 11.5 Å². The van der Waals surface area contributed by atoms with Gasteiger partial charge in [0.25, 0.3) is 5.91 Å². The Morgan fingerprint density at radius 2 is 1.79 bits per heavy atom. The molecule has 1 amide bonds. The Bertz CT molecular complexity index is 646. The highest BCUT2D eigenvalue weighted by Gasteiger charge is 2.08. The minimum absolute atomic E-state index is 0.0745. The maximum atomic E-state index is 12.1. The first-order valence-corrected chi connectivity index (χ1v) is 8.46. The average molecular weight is 394 g/mol. The lowest BCUT2D eigenvalue weighted by Crippen LogP contribution is -2.20. The van der Waals surface area contributed by atoms with Gasteiger partial charge in [-0.05, 0) is 43.3 Å². The number of nitrogens with one attached hydrogen (secondary N) is 1. The van der Waals surface area contributed by atoms with Gasteiger partial charge < -0.3 is 19.5 Å². The molecule has 0 unspecified atom stereocenters. The molecule has 0 atom stereocenters. The van der Waals surface area contributed by atoms with E-state index in [-0.39, 0.29) is 12.5 Å². The van der Waals surface area contributed by atoms with Crippen LogP contribution in [0, 0.1) is 0 Å². The predicted octanol–water partition coefficient (Wildman–Crippen LogP) is 3.88. The molecule has 2 aromatic carbocycles. The quantitative estimate of drug-likeness (QED) is 0.656. The normalized spacial score (nSPS) is 10.2. The topological polar surface area (TPSA) is 56.8 Å². The van der Waals surface area contributed by atoms with Gasteiger partial charge in [-0.1, -0.05) is 28.1 Å². The second kappa shape index (κ2) is 9.95. The summed E-state index contributed by atoms with van der Waals surface area (Å²) in [5.41, 5.74) is 0.610. The zero-order valence-electron chi connectivity index (χ0n) is 13.5. The van der Waals surface area contributed by atoms with Crippen LogP contribution in [-0.2, 0) is 9.53 Å². The lowest BCUT2D eigenvalue weighted by molar-refractivity contribution is -0.118. The number of anilines is 1. The highest BCUT2D eigenvalue weighted by Crippen LogP contribution is 2.23. The summed E-state index contributed by atoms with van der Waals surface area (Å²) in [5, 5.41) is 2.79. The lowest BCUT2D eigenvalue weighted by atomic mass is 10.3. The first kappa shape index (κ1) is 18.3. The van der Waals surface area contributed by atoms with Crippen LogP contribution in [-0.4, -0.2) is 32.3 Å². The fraction of sp³-hybridized carbons (Fsp3) is 0.278. The molecular formula is C18H20BrNO4. The fourth-order valence-electron chi connectivity index (χ4n) is 1.92. The standard InChI is InChI=1S/C18H20BrNO4/c1-2-22-11-12-23-17-6-4-3-5-16(17)20-18(21)13-24-15-9-7-14(19)8-10-15/h3-10H,2,11-13H2,1H3,(H,20,21). The van der Waals surface area contributed by atoms with Crippen molar-refractivity contribution in [2.24, 2.45) is 0 Å². The maximum Gasteiger partial charge on any atom is 0.262 e. The van der Waals surface area contributed by atoms with Crippen LogP contribution in [0.15, 0.2) is 53.0 Å². The molecule has 24 heavy (non-hydrogen) atoms. The molecule has 5 nitrogen and oxygen atoms in total. The van der Waals surface area contributed by atoms with E-state index in [0.29, 0.717) is 37.0 Å². The van der Waals surface area contributed by atoms with Crippen molar-refractivity contribution in [2.45, 2.75) is 6.92 Å². The highest BCUT2D eigenvalue weighted by atomic mass is 79.9. The molecular weight excluding hydrogens is 374 g/mol. The molecule has 0 spiro atoms. The molecule has 0 fully saturated rings. The van der Waals surface area contributed by atoms with Crippen molar-refractivity contribution >= 4 is 27.5 Å². The number of halogens is 1. The Morgan fingerprint density at radius 3 is 2.54 bits per heavy atom. The summed E-state index contributed by atoms with van der Waals surface area (Å²) in [7, 11) is 0. The number of carbonyl (C=O) groups is 1. The smallest absolute Gasteiger partial charge is 0.262 e. The molecule has 0 aliphatic rings. The average Bonchev–Trinajstić information content (AvgIpc) is 2.59. The van der Waals surface area contributed by atoms with Gasteiger partial charge in [0.15, 0.2) is 6.61 Å². The molecule has 0 saturated heterocycles. The largest absolute Gasteiger partial charge is 0.489 e. The predicted molar refractivity (Wildman–Crippen MR) is 96.7 cm³/mol. The Labute approximate surface area is 150 Å². The first-order valence-electron chi connectivity index (χ1n) is 7.67. The molecule has 0 heterocycles. The molecule has 1 N–H and O–H groups in total. The van der Waals surface area contributed by atoms with Gasteiger partial charge in [-0.15, -0.1) is 0 Å². The van der Waals surface area contributed by atoms with E-state index in [1.807, 2.05) is 31.2 Å². The summed E-state index contributed by atoms with van der Waals surface area (Å²) in [6.45, 7) is 3.44. The van der Waals surface area contributed by atoms with Crippen LogP contribution in [0.3, 0.4) is 0 Å². The van der Waals surface area contributed by atoms with E-state index in [4.69, 9.17) is 14.2 Å². The van der Waals surface area contributed by atoms with Crippen LogP contribution in [0.1, 0.15) is 6.92 Å². The highest BCUT2D eigenvalue weighted by molar-refractivity contribution is 9.10. The van der Waals surface area contributed by atoms with Gasteiger partial charge in [-0.3, -0.25) is 4.79 Å². The van der Waals surface area contributed by atoms with Crippen LogP contribution < -0.4 is 14.8 Å². The number of rotatable bonds is 9. The van der Waals surface area contributed by atoms with Crippen LogP contribution in [0.25, 0.3) is 0 Å². The molecule has 0 aliphatic heterocycles. The molecule has 0 aliphatic carbocycles. The van der Waals surface area contributed by atoms with Crippen molar-refractivity contribution in [3.63, 3.8) is 0 Å². The van der Waals surface area contributed by atoms with Gasteiger partial charge in [-0.25, -0.2) is 0 Å². The molecule has 0 aromatic heterocycles. The molecule has 2 rings (SSSR count). The summed E-state index contributed by atoms with van der Waals surface area (Å²) in [4.78, 5) is 12.1. The number of amides is 1. The number of carbonyl (C=O) groups excluding carboxylic acids is 1. The van der Waals surface area contributed by atoms with Crippen molar-refractivity contribution in [3.05, 3.63) is 53.0 Å². The second-order valence-electron chi connectivity index (χ2n) is 4.83. The number of hydrogen-bond acceptors (Lipinski definition) is 4. The van der Waals surface area contributed by atoms with Crippen LogP contribution in [0.2, 0.25) is 0 Å². The van der Waals surface area contributed by atoms with Gasteiger partial charge >= 0.3 is 0 Å². The number of ether oxygens (including phenoxy) is 3. The summed E-state index contributed by atoms with van der Waals surface area (Å²) in [5.74, 6) is 0.988. The van der Waals surface area contributed by atoms with Crippen molar-refractivity contribution in [1.29, 1.82) is 0 Å². The van der Waals surface area contributed by atoms with Gasteiger partial charge in [0.2, 0.25) is 0 Å². The molecule has 0 bridgehead atoms. The Morgan fingerprint density at radius 1 is 1.04 bits per heavy atom. The third-order valence-corrected chi connectivity index (χ3v) is 3.56. The van der Waals surface area contributed by atoms with E-state index in [2.05, 4.69) is 21.2 Å². The van der Waals surface area contributed by atoms with Crippen molar-refractivity contribution in [3.8, 4) is 11.5 Å². The number of hydrogen-bond donors (Lipinski definition) is 1. The Hall–Kier alpha value is -2.05. The van der Waals surface area contributed by atoms with Crippen molar-refractivity contribution in [1.82, 2.24) is 0 Å². The summed E-state index contributed by atoms with van der Waals surface area (Å²) >= 11 is 3.35. The molecule has 2 aromatic rings. The molecule has 128 valence electrons. The SMILES string of the molecule is CCOCCOc1ccccc1NC(=O)COc1ccc(Br)cc1. The summed E-state index contributed by atoms with van der Waals surface area (Å²) in [6.07, 6.45) is 0. The summed E-state index contributed by atoms with van der Waals surface area (Å²) < 4.78 is 17.3. The fourth-order valence-corrected chi connectivity index (χ4v) is 2.18. The third kappa shape index (κ3) is 6.22. The second-order valence-corrected chi connectivity index (χ2v) is 5.75. The van der Waals surface area contributed by atoms with E-state index in [1.165, 1.54) is 0 Å². The van der Waals surface area contributed by atoms with E-state index in [0.717, 1.165) is 4.47 Å². The first-order chi connectivity index (χ1) is 11.7. The molecule has 0 radical (unpaired) electrons. The van der Waals surface area contributed by atoms with Crippen LogP contribution >= 0.6 is 15.9 Å². The van der Waals surface area contributed by atoms with E-state index >= 15 is 0 Å². The minimum Gasteiger partial charge on any atom is -0.489 e. The van der Waals surface area contributed by atoms with E-state index < -0.39 is 0 Å². The minimum atomic E-state index is -0.251. The van der Waals surface area contributed by atoms with Gasteiger partial charge in [0, 0.05) is 11.1 Å². The van der Waals surface area contributed by atoms with Crippen molar-refractivity contribution < 1.29 is 19.0 Å². The summed E-state index contributed by atoms with van der Waals surface area (Å²) in [6, 6.07) is 14.6. The lowest BCUT2D eigenvalue weighted by Gasteiger charge is -2.13. The van der Waals surface area contributed by atoms with Gasteiger partial charge in [0.1, 0.15) is 18.1 Å². The maximum absolute atomic E-state index is 12.1. The number of benzene rings is 2. The van der Waals surface area contributed by atoms with E-state index in [1.54, 1.807) is 24.3 Å². The van der Waals surface area contributed by atoms with Gasteiger partial charge in [-0.2, -0.15) is 0 Å².